The zero-order valence-corrected chi connectivity index (χ0v) is 19.9. The summed E-state index contributed by atoms with van der Waals surface area (Å²) in [6, 6.07) is 3.49. The summed E-state index contributed by atoms with van der Waals surface area (Å²) in [6.07, 6.45) is 4.28. The van der Waals surface area contributed by atoms with Gasteiger partial charge >= 0.3 is 12.1 Å². The minimum absolute atomic E-state index is 0.0533. The smallest absolute Gasteiger partial charge is 0.332 e. The van der Waals surface area contributed by atoms with E-state index < -0.39 is 41.1 Å². The number of carbonyl (C=O) groups excluding carboxylic acids is 6. The molecule has 11 heteroatoms. The number of amides is 8. The Morgan fingerprint density at radius 2 is 1.78 bits per heavy atom. The van der Waals surface area contributed by atoms with Crippen LogP contribution in [0.4, 0.5) is 15.3 Å². The van der Waals surface area contributed by atoms with Crippen LogP contribution in [0.15, 0.2) is 36.4 Å². The molecule has 8 amide bonds. The number of barbiturate groups is 2. The molecule has 0 saturated carbocycles. The Kier molecular flexibility index (Phi) is 5.31. The molecule has 11 nitrogen and oxygen atoms in total. The van der Waals surface area contributed by atoms with Crippen LogP contribution in [-0.4, -0.2) is 83.6 Å². The van der Waals surface area contributed by atoms with E-state index in [1.165, 1.54) is 26.2 Å². The summed E-state index contributed by atoms with van der Waals surface area (Å²) in [6.45, 7) is 4.13. The molecule has 0 bridgehead atoms. The van der Waals surface area contributed by atoms with Crippen LogP contribution in [0.3, 0.4) is 0 Å². The Morgan fingerprint density at radius 3 is 2.44 bits per heavy atom. The molecule has 1 spiro atoms. The van der Waals surface area contributed by atoms with E-state index in [-0.39, 0.29) is 24.6 Å². The normalized spacial score (nSPS) is 24.5. The van der Waals surface area contributed by atoms with Gasteiger partial charge in [-0.3, -0.25) is 39.2 Å². The molecular weight excluding hydrogens is 466 g/mol. The zero-order chi connectivity index (χ0) is 25.9. The number of benzene rings is 1. The number of urea groups is 2. The quantitative estimate of drug-likeness (QED) is 0.288. The van der Waals surface area contributed by atoms with Gasteiger partial charge in [0, 0.05) is 32.9 Å². The maximum Gasteiger partial charge on any atom is 0.332 e. The first-order chi connectivity index (χ1) is 17.1. The molecule has 1 aromatic rings. The van der Waals surface area contributed by atoms with Gasteiger partial charge in [-0.1, -0.05) is 12.1 Å². The summed E-state index contributed by atoms with van der Waals surface area (Å²) >= 11 is 0. The van der Waals surface area contributed by atoms with Gasteiger partial charge < -0.3 is 4.90 Å². The minimum Gasteiger partial charge on any atom is -0.367 e. The number of nitrogens with one attached hydrogen (secondary N) is 1. The van der Waals surface area contributed by atoms with E-state index in [2.05, 4.69) is 11.9 Å². The largest absolute Gasteiger partial charge is 0.367 e. The standard InChI is InChI=1S/C25H25N5O6/c1-4-9-30-20(32)16(19(31)26-23(30)35)12-14-7-8-17-15(11-14)13-25(18-6-5-10-29(17)18)21(33)27(2)24(36)28(3)22(25)34/h4,7-8,11-12,18H,1,5-6,9-10,13H2,2-3H3,(H,26,31,35). The summed E-state index contributed by atoms with van der Waals surface area (Å²) in [7, 11) is 2.77. The number of carbonyl (C=O) groups is 6. The van der Waals surface area contributed by atoms with Gasteiger partial charge in [-0.05, 0) is 48.6 Å². The number of rotatable bonds is 3. The second-order valence-electron chi connectivity index (χ2n) is 9.42. The third kappa shape index (κ3) is 3.11. The van der Waals surface area contributed by atoms with Crippen LogP contribution < -0.4 is 10.2 Å². The van der Waals surface area contributed by atoms with Crippen LogP contribution in [-0.2, 0) is 25.6 Å². The lowest BCUT2D eigenvalue weighted by molar-refractivity contribution is -0.159. The summed E-state index contributed by atoms with van der Waals surface area (Å²) in [5, 5.41) is 2.15. The minimum atomic E-state index is -1.45. The monoisotopic (exact) mass is 491 g/mol. The van der Waals surface area contributed by atoms with E-state index >= 15 is 0 Å². The first-order valence-corrected chi connectivity index (χ1v) is 11.6. The topological polar surface area (TPSA) is 127 Å². The molecule has 186 valence electrons. The van der Waals surface area contributed by atoms with E-state index in [1.54, 1.807) is 12.1 Å². The molecule has 4 aliphatic heterocycles. The van der Waals surface area contributed by atoms with Gasteiger partial charge in [0.05, 0.1) is 6.04 Å². The van der Waals surface area contributed by atoms with Crippen molar-refractivity contribution in [2.45, 2.75) is 25.3 Å². The molecule has 5 rings (SSSR count). The third-order valence-corrected chi connectivity index (χ3v) is 7.46. The summed E-state index contributed by atoms with van der Waals surface area (Å²) in [4.78, 5) is 81.6. The molecule has 0 aromatic heterocycles. The molecule has 1 unspecified atom stereocenters. The molecular formula is C25H25N5O6. The van der Waals surface area contributed by atoms with E-state index in [1.807, 2.05) is 11.0 Å². The second kappa shape index (κ2) is 8.14. The van der Waals surface area contributed by atoms with Crippen LogP contribution in [0.5, 0.6) is 0 Å². The lowest BCUT2D eigenvalue weighted by Gasteiger charge is -2.50. The Balaban J connectivity index is 1.58. The maximum absolute atomic E-state index is 13.5. The van der Waals surface area contributed by atoms with Crippen LogP contribution in [0.1, 0.15) is 24.0 Å². The lowest BCUT2D eigenvalue weighted by Crippen LogP contribution is -2.70. The highest BCUT2D eigenvalue weighted by molar-refractivity contribution is 6.31. The predicted molar refractivity (Wildman–Crippen MR) is 127 cm³/mol. The SMILES string of the molecule is C=CCN1C(=O)NC(=O)C(=Cc2ccc3c(c2)CC2(C(=O)N(C)C(=O)N(C)C2=O)C2CCCN32)C1=O. The summed E-state index contributed by atoms with van der Waals surface area (Å²) in [5.74, 6) is -2.60. The fourth-order valence-electron chi connectivity index (χ4n) is 5.78. The van der Waals surface area contributed by atoms with Crippen molar-refractivity contribution in [2.24, 2.45) is 5.41 Å². The molecule has 0 radical (unpaired) electrons. The average Bonchev–Trinajstić information content (AvgIpc) is 3.36. The number of fused-ring (bicyclic) bond motifs is 4. The van der Waals surface area contributed by atoms with Gasteiger partial charge in [0.1, 0.15) is 5.57 Å². The molecule has 3 fully saturated rings. The number of hydrogen-bond acceptors (Lipinski definition) is 7. The van der Waals surface area contributed by atoms with E-state index in [9.17, 15) is 28.8 Å². The van der Waals surface area contributed by atoms with Crippen LogP contribution in [0, 0.1) is 5.41 Å². The predicted octanol–water partition coefficient (Wildman–Crippen LogP) is 0.896. The van der Waals surface area contributed by atoms with Crippen molar-refractivity contribution in [2.75, 3.05) is 32.1 Å². The molecule has 1 aromatic carbocycles. The molecule has 4 heterocycles. The van der Waals surface area contributed by atoms with E-state index in [0.29, 0.717) is 24.1 Å². The molecule has 1 atom stereocenters. The van der Waals surface area contributed by atoms with Gasteiger partial charge in [0.15, 0.2) is 5.41 Å². The fourth-order valence-corrected chi connectivity index (χ4v) is 5.78. The molecule has 3 saturated heterocycles. The molecule has 4 aliphatic rings. The van der Waals surface area contributed by atoms with Crippen LogP contribution in [0.2, 0.25) is 0 Å². The number of hydrogen-bond donors (Lipinski definition) is 1. The zero-order valence-electron chi connectivity index (χ0n) is 19.9. The van der Waals surface area contributed by atoms with Crippen molar-refractivity contribution in [1.82, 2.24) is 20.0 Å². The third-order valence-electron chi connectivity index (χ3n) is 7.46. The maximum atomic E-state index is 13.5. The van der Waals surface area contributed by atoms with Crippen LogP contribution in [0.25, 0.3) is 6.08 Å². The van der Waals surface area contributed by atoms with Gasteiger partial charge in [0.25, 0.3) is 11.8 Å². The van der Waals surface area contributed by atoms with Gasteiger partial charge in [-0.15, -0.1) is 6.58 Å². The Bertz CT molecular complexity index is 1280. The van der Waals surface area contributed by atoms with Crippen molar-refractivity contribution in [3.63, 3.8) is 0 Å². The van der Waals surface area contributed by atoms with Gasteiger partial charge in [-0.2, -0.15) is 0 Å². The number of nitrogens with zero attached hydrogens (tertiary/aromatic N) is 4. The van der Waals surface area contributed by atoms with E-state index in [0.717, 1.165) is 26.8 Å². The van der Waals surface area contributed by atoms with Crippen molar-refractivity contribution in [3.8, 4) is 0 Å². The van der Waals surface area contributed by atoms with Crippen molar-refractivity contribution >= 4 is 47.5 Å². The lowest BCUT2D eigenvalue weighted by atomic mass is 9.68. The van der Waals surface area contributed by atoms with Crippen molar-refractivity contribution in [1.29, 1.82) is 0 Å². The molecule has 0 aliphatic carbocycles. The van der Waals surface area contributed by atoms with Gasteiger partial charge in [-0.25, -0.2) is 9.59 Å². The Labute approximate surface area is 207 Å². The Hall–Kier alpha value is -4.28. The average molecular weight is 492 g/mol. The van der Waals surface area contributed by atoms with Gasteiger partial charge in [0.2, 0.25) is 11.8 Å². The summed E-state index contributed by atoms with van der Waals surface area (Å²) in [5.41, 5.74) is 0.411. The van der Waals surface area contributed by atoms with Crippen molar-refractivity contribution < 1.29 is 28.8 Å². The van der Waals surface area contributed by atoms with E-state index in [4.69, 9.17) is 0 Å². The number of imide groups is 4. The second-order valence-corrected chi connectivity index (χ2v) is 9.42. The first-order valence-electron chi connectivity index (χ1n) is 11.6. The highest BCUT2D eigenvalue weighted by Crippen LogP contribution is 2.49. The first kappa shape index (κ1) is 23.5. The Morgan fingerprint density at radius 1 is 1.08 bits per heavy atom. The highest BCUT2D eigenvalue weighted by atomic mass is 16.2. The number of anilines is 1. The molecule has 36 heavy (non-hydrogen) atoms. The van der Waals surface area contributed by atoms with Crippen molar-refractivity contribution in [3.05, 3.63) is 47.6 Å². The summed E-state index contributed by atoms with van der Waals surface area (Å²) < 4.78 is 0. The molecule has 1 N–H and O–H groups in total. The fraction of sp³-hybridized carbons (Fsp3) is 0.360. The van der Waals surface area contributed by atoms with Crippen LogP contribution >= 0.6 is 0 Å². The highest BCUT2D eigenvalue weighted by Gasteiger charge is 2.63.